The van der Waals surface area contributed by atoms with Gasteiger partial charge in [-0.15, -0.1) is 0 Å². The summed E-state index contributed by atoms with van der Waals surface area (Å²) in [4.78, 5) is 0. The standard InChI is InChI=1S/C15H16BrN/c1-11-3-6-13(7-4-11)10-17-14-8-5-12(2)15(16)9-14/h3-9,17H,10H2,1-2H3. The Hall–Kier alpha value is -1.28. The molecule has 0 saturated heterocycles. The highest BCUT2D eigenvalue weighted by atomic mass is 79.9. The maximum Gasteiger partial charge on any atom is 0.0400 e. The van der Waals surface area contributed by atoms with Crippen molar-refractivity contribution in [2.75, 3.05) is 5.32 Å². The van der Waals surface area contributed by atoms with Gasteiger partial charge in [-0.3, -0.25) is 0 Å². The van der Waals surface area contributed by atoms with Gasteiger partial charge in [0, 0.05) is 16.7 Å². The van der Waals surface area contributed by atoms with E-state index in [1.54, 1.807) is 0 Å². The number of benzene rings is 2. The van der Waals surface area contributed by atoms with Crippen molar-refractivity contribution < 1.29 is 0 Å². The topological polar surface area (TPSA) is 12.0 Å². The molecule has 0 aliphatic rings. The van der Waals surface area contributed by atoms with Crippen molar-refractivity contribution in [3.8, 4) is 0 Å². The Balaban J connectivity index is 2.02. The van der Waals surface area contributed by atoms with Gasteiger partial charge in [0.1, 0.15) is 0 Å². The summed E-state index contributed by atoms with van der Waals surface area (Å²) in [5.74, 6) is 0. The summed E-state index contributed by atoms with van der Waals surface area (Å²) in [5.41, 5.74) is 4.99. The van der Waals surface area contributed by atoms with Crippen LogP contribution in [-0.4, -0.2) is 0 Å². The highest BCUT2D eigenvalue weighted by molar-refractivity contribution is 9.10. The molecule has 2 aromatic carbocycles. The first-order chi connectivity index (χ1) is 8.15. The Labute approximate surface area is 111 Å². The number of rotatable bonds is 3. The van der Waals surface area contributed by atoms with E-state index in [2.05, 4.69) is 77.6 Å². The zero-order valence-corrected chi connectivity index (χ0v) is 11.7. The third-order valence-corrected chi connectivity index (χ3v) is 3.64. The van der Waals surface area contributed by atoms with Crippen molar-refractivity contribution in [2.24, 2.45) is 0 Å². The van der Waals surface area contributed by atoms with Crippen molar-refractivity contribution >= 4 is 21.6 Å². The minimum absolute atomic E-state index is 0.857. The van der Waals surface area contributed by atoms with Gasteiger partial charge in [-0.1, -0.05) is 51.8 Å². The highest BCUT2D eigenvalue weighted by Crippen LogP contribution is 2.21. The minimum Gasteiger partial charge on any atom is -0.381 e. The van der Waals surface area contributed by atoms with E-state index in [0.29, 0.717) is 0 Å². The fourth-order valence-electron chi connectivity index (χ4n) is 1.61. The molecular formula is C15H16BrN. The molecule has 0 unspecified atom stereocenters. The zero-order chi connectivity index (χ0) is 12.3. The maximum absolute atomic E-state index is 3.54. The number of halogens is 1. The molecule has 1 N–H and O–H groups in total. The quantitative estimate of drug-likeness (QED) is 0.865. The van der Waals surface area contributed by atoms with E-state index in [4.69, 9.17) is 0 Å². The van der Waals surface area contributed by atoms with Gasteiger partial charge in [0.25, 0.3) is 0 Å². The van der Waals surface area contributed by atoms with Crippen LogP contribution in [0.2, 0.25) is 0 Å². The van der Waals surface area contributed by atoms with Gasteiger partial charge in [0.05, 0.1) is 0 Å². The Bertz CT molecular complexity index is 503. The Morgan fingerprint density at radius 1 is 1.00 bits per heavy atom. The summed E-state index contributed by atoms with van der Waals surface area (Å²) in [6.07, 6.45) is 0. The average Bonchev–Trinajstić information content (AvgIpc) is 2.33. The van der Waals surface area contributed by atoms with E-state index in [0.717, 1.165) is 16.7 Å². The molecule has 17 heavy (non-hydrogen) atoms. The summed E-state index contributed by atoms with van der Waals surface area (Å²) in [7, 11) is 0. The van der Waals surface area contributed by atoms with Crippen LogP contribution in [0.15, 0.2) is 46.9 Å². The molecule has 0 spiro atoms. The second kappa shape index (κ2) is 5.37. The number of anilines is 1. The van der Waals surface area contributed by atoms with Crippen LogP contribution < -0.4 is 5.32 Å². The summed E-state index contributed by atoms with van der Waals surface area (Å²) < 4.78 is 1.14. The summed E-state index contributed by atoms with van der Waals surface area (Å²) in [6, 6.07) is 14.9. The largest absolute Gasteiger partial charge is 0.381 e. The monoisotopic (exact) mass is 289 g/mol. The fourth-order valence-corrected chi connectivity index (χ4v) is 1.99. The molecule has 0 heterocycles. The number of aryl methyl sites for hydroxylation is 2. The van der Waals surface area contributed by atoms with Crippen LogP contribution in [0, 0.1) is 13.8 Å². The first-order valence-electron chi connectivity index (χ1n) is 5.71. The van der Waals surface area contributed by atoms with E-state index in [9.17, 15) is 0 Å². The van der Waals surface area contributed by atoms with E-state index in [1.165, 1.54) is 16.7 Å². The molecule has 0 fully saturated rings. The molecule has 2 heteroatoms. The Morgan fingerprint density at radius 2 is 1.71 bits per heavy atom. The third kappa shape index (κ3) is 3.34. The predicted octanol–water partition coefficient (Wildman–Crippen LogP) is 4.68. The van der Waals surface area contributed by atoms with Gasteiger partial charge in [-0.2, -0.15) is 0 Å². The number of hydrogen-bond donors (Lipinski definition) is 1. The first kappa shape index (κ1) is 12.2. The molecule has 0 bridgehead atoms. The summed E-state index contributed by atoms with van der Waals surface area (Å²) in [6.45, 7) is 5.05. The van der Waals surface area contributed by atoms with E-state index in [-0.39, 0.29) is 0 Å². The van der Waals surface area contributed by atoms with Gasteiger partial charge in [0.15, 0.2) is 0 Å². The summed E-state index contributed by atoms with van der Waals surface area (Å²) in [5, 5.41) is 3.42. The molecular weight excluding hydrogens is 274 g/mol. The molecule has 1 nitrogen and oxygen atoms in total. The Kier molecular flexibility index (Phi) is 3.85. The minimum atomic E-state index is 0.857. The van der Waals surface area contributed by atoms with Gasteiger partial charge in [0.2, 0.25) is 0 Å². The van der Waals surface area contributed by atoms with Crippen LogP contribution in [0.25, 0.3) is 0 Å². The number of hydrogen-bond acceptors (Lipinski definition) is 1. The van der Waals surface area contributed by atoms with E-state index >= 15 is 0 Å². The molecule has 0 aliphatic heterocycles. The molecule has 0 radical (unpaired) electrons. The lowest BCUT2D eigenvalue weighted by Crippen LogP contribution is -1.99. The van der Waals surface area contributed by atoms with Crippen LogP contribution in [0.3, 0.4) is 0 Å². The van der Waals surface area contributed by atoms with Gasteiger partial charge < -0.3 is 5.32 Å². The van der Waals surface area contributed by atoms with E-state index < -0.39 is 0 Å². The van der Waals surface area contributed by atoms with Crippen molar-refractivity contribution in [2.45, 2.75) is 20.4 Å². The lowest BCUT2D eigenvalue weighted by Gasteiger charge is -2.08. The molecule has 2 aromatic rings. The zero-order valence-electron chi connectivity index (χ0n) is 10.1. The second-order valence-electron chi connectivity index (χ2n) is 4.30. The maximum atomic E-state index is 3.54. The normalized spacial score (nSPS) is 10.3. The average molecular weight is 290 g/mol. The molecule has 0 aliphatic carbocycles. The third-order valence-electron chi connectivity index (χ3n) is 2.79. The first-order valence-corrected chi connectivity index (χ1v) is 6.50. The van der Waals surface area contributed by atoms with Gasteiger partial charge in [-0.25, -0.2) is 0 Å². The van der Waals surface area contributed by atoms with Crippen molar-refractivity contribution in [1.82, 2.24) is 0 Å². The molecule has 0 aromatic heterocycles. The molecule has 88 valence electrons. The van der Waals surface area contributed by atoms with E-state index in [1.807, 2.05) is 0 Å². The SMILES string of the molecule is Cc1ccc(CNc2ccc(C)c(Br)c2)cc1. The molecule has 0 amide bonds. The lowest BCUT2D eigenvalue weighted by atomic mass is 10.1. The van der Waals surface area contributed by atoms with Crippen molar-refractivity contribution in [1.29, 1.82) is 0 Å². The highest BCUT2D eigenvalue weighted by Gasteiger charge is 1.97. The van der Waals surface area contributed by atoms with Gasteiger partial charge in [-0.05, 0) is 37.1 Å². The van der Waals surface area contributed by atoms with Crippen molar-refractivity contribution in [3.63, 3.8) is 0 Å². The van der Waals surface area contributed by atoms with Crippen LogP contribution in [-0.2, 0) is 6.54 Å². The fraction of sp³-hybridized carbons (Fsp3) is 0.200. The van der Waals surface area contributed by atoms with Crippen LogP contribution in [0.4, 0.5) is 5.69 Å². The number of nitrogens with one attached hydrogen (secondary N) is 1. The van der Waals surface area contributed by atoms with Gasteiger partial charge >= 0.3 is 0 Å². The predicted molar refractivity (Wildman–Crippen MR) is 77.4 cm³/mol. The molecule has 2 rings (SSSR count). The smallest absolute Gasteiger partial charge is 0.0400 e. The molecule has 0 atom stereocenters. The van der Waals surface area contributed by atoms with Crippen LogP contribution in [0.5, 0.6) is 0 Å². The summed E-state index contributed by atoms with van der Waals surface area (Å²) >= 11 is 3.54. The van der Waals surface area contributed by atoms with Crippen LogP contribution >= 0.6 is 15.9 Å². The Morgan fingerprint density at radius 3 is 2.35 bits per heavy atom. The lowest BCUT2D eigenvalue weighted by molar-refractivity contribution is 1.14. The van der Waals surface area contributed by atoms with Crippen LogP contribution in [0.1, 0.15) is 16.7 Å². The van der Waals surface area contributed by atoms with Crippen molar-refractivity contribution in [3.05, 3.63) is 63.6 Å². The second-order valence-corrected chi connectivity index (χ2v) is 5.16. The molecule has 0 saturated carbocycles.